The van der Waals surface area contributed by atoms with Crippen molar-refractivity contribution in [1.82, 2.24) is 9.97 Å². The molecule has 8 heteroatoms. The smallest absolute Gasteiger partial charge is 0.213 e. The van der Waals surface area contributed by atoms with Crippen LogP contribution in [0.5, 0.6) is 5.88 Å². The maximum Gasteiger partial charge on any atom is 0.213 e. The van der Waals surface area contributed by atoms with Crippen molar-refractivity contribution in [3.05, 3.63) is 60.9 Å². The van der Waals surface area contributed by atoms with E-state index < -0.39 is 15.4 Å². The molecule has 0 amide bonds. The Morgan fingerprint density at radius 2 is 1.71 bits per heavy atom. The zero-order valence-corrected chi connectivity index (χ0v) is 18.2. The van der Waals surface area contributed by atoms with Crippen molar-refractivity contribution in [1.29, 1.82) is 0 Å². The number of nitrogens with zero attached hydrogens (tertiary/aromatic N) is 2. The number of pyridine rings is 2. The number of hydrogen-bond acceptors (Lipinski definition) is 7. The molecule has 0 atom stereocenters. The lowest BCUT2D eigenvalue weighted by Gasteiger charge is -2.17. The van der Waals surface area contributed by atoms with E-state index in [4.69, 9.17) is 9.15 Å². The van der Waals surface area contributed by atoms with E-state index in [1.807, 2.05) is 18.2 Å². The quantitative estimate of drug-likeness (QED) is 0.483. The molecule has 0 fully saturated rings. The van der Waals surface area contributed by atoms with Gasteiger partial charge in [0.1, 0.15) is 17.9 Å². The largest absolute Gasteiger partial charge is 0.475 e. The SMILES string of the molecule is CC(C)(O)COc1cc(-c2ccnc3cc(-c4ccc(S(C)(=O)=O)cc4)oc23)ccn1. The van der Waals surface area contributed by atoms with Crippen LogP contribution in [0, 0.1) is 0 Å². The zero-order chi connectivity index (χ0) is 22.2. The van der Waals surface area contributed by atoms with Crippen molar-refractivity contribution in [3.8, 4) is 28.3 Å². The van der Waals surface area contributed by atoms with E-state index >= 15 is 0 Å². The van der Waals surface area contributed by atoms with Gasteiger partial charge < -0.3 is 14.3 Å². The molecule has 0 aliphatic carbocycles. The van der Waals surface area contributed by atoms with Crippen LogP contribution in [-0.4, -0.2) is 42.0 Å². The summed E-state index contributed by atoms with van der Waals surface area (Å²) < 4.78 is 35.1. The minimum Gasteiger partial charge on any atom is -0.475 e. The number of hydrogen-bond donors (Lipinski definition) is 1. The Bertz CT molecular complexity index is 1340. The van der Waals surface area contributed by atoms with E-state index in [1.165, 1.54) is 6.26 Å². The second kappa shape index (κ2) is 7.79. The molecule has 0 saturated heterocycles. The van der Waals surface area contributed by atoms with Crippen LogP contribution in [0.3, 0.4) is 0 Å². The van der Waals surface area contributed by atoms with Gasteiger partial charge in [0.25, 0.3) is 0 Å². The Labute approximate surface area is 180 Å². The van der Waals surface area contributed by atoms with Crippen LogP contribution in [0.15, 0.2) is 70.2 Å². The van der Waals surface area contributed by atoms with Crippen molar-refractivity contribution in [2.45, 2.75) is 24.3 Å². The third-order valence-corrected chi connectivity index (χ3v) is 5.73. The van der Waals surface area contributed by atoms with Gasteiger partial charge in [-0.1, -0.05) is 0 Å². The van der Waals surface area contributed by atoms with Gasteiger partial charge in [0.05, 0.1) is 10.5 Å². The van der Waals surface area contributed by atoms with Crippen molar-refractivity contribution in [3.63, 3.8) is 0 Å². The first-order valence-corrected chi connectivity index (χ1v) is 11.5. The molecule has 1 N–H and O–H groups in total. The first-order valence-electron chi connectivity index (χ1n) is 9.61. The van der Waals surface area contributed by atoms with E-state index in [-0.39, 0.29) is 11.5 Å². The molecule has 1 aromatic carbocycles. The number of aromatic nitrogens is 2. The zero-order valence-electron chi connectivity index (χ0n) is 17.4. The van der Waals surface area contributed by atoms with Gasteiger partial charge in [0.15, 0.2) is 15.4 Å². The van der Waals surface area contributed by atoms with E-state index in [2.05, 4.69) is 9.97 Å². The monoisotopic (exact) mass is 438 g/mol. The molecule has 0 aliphatic heterocycles. The van der Waals surface area contributed by atoms with Crippen LogP contribution in [0.1, 0.15) is 13.8 Å². The summed E-state index contributed by atoms with van der Waals surface area (Å²) in [6, 6.07) is 13.8. The van der Waals surface area contributed by atoms with Crippen molar-refractivity contribution < 1.29 is 22.7 Å². The standard InChI is InChI=1S/C23H22N2O5S/c1-23(2,26)14-29-21-12-16(8-10-25-21)18-9-11-24-19-13-20(30-22(18)19)15-4-6-17(7-5-15)31(3,27)28/h4-13,26H,14H2,1-3H3. The van der Waals surface area contributed by atoms with Crippen molar-refractivity contribution >= 4 is 20.9 Å². The molecule has 160 valence electrons. The predicted molar refractivity (Wildman–Crippen MR) is 118 cm³/mol. The Balaban J connectivity index is 1.70. The molecule has 0 radical (unpaired) electrons. The van der Waals surface area contributed by atoms with Crippen molar-refractivity contribution in [2.75, 3.05) is 12.9 Å². The van der Waals surface area contributed by atoms with Gasteiger partial charge in [0, 0.05) is 41.9 Å². The Morgan fingerprint density at radius 3 is 2.39 bits per heavy atom. The van der Waals surface area contributed by atoms with Crippen LogP contribution >= 0.6 is 0 Å². The van der Waals surface area contributed by atoms with Crippen LogP contribution in [0.25, 0.3) is 33.6 Å². The van der Waals surface area contributed by atoms with Gasteiger partial charge in [-0.3, -0.25) is 4.98 Å². The van der Waals surface area contributed by atoms with E-state index in [0.717, 1.165) is 16.7 Å². The maximum absolute atomic E-state index is 11.7. The lowest BCUT2D eigenvalue weighted by Crippen LogP contribution is -2.28. The first-order chi connectivity index (χ1) is 14.6. The molecule has 7 nitrogen and oxygen atoms in total. The van der Waals surface area contributed by atoms with Crippen LogP contribution in [-0.2, 0) is 9.84 Å². The molecule has 0 bridgehead atoms. The molecule has 31 heavy (non-hydrogen) atoms. The minimum atomic E-state index is -3.26. The Hall–Kier alpha value is -3.23. The molecule has 0 unspecified atom stereocenters. The average molecular weight is 439 g/mol. The molecule has 0 saturated carbocycles. The fourth-order valence-corrected chi connectivity index (χ4v) is 3.71. The highest BCUT2D eigenvalue weighted by molar-refractivity contribution is 7.90. The highest BCUT2D eigenvalue weighted by Gasteiger charge is 2.16. The van der Waals surface area contributed by atoms with Crippen LogP contribution in [0.2, 0.25) is 0 Å². The first kappa shape index (κ1) is 21.0. The number of furan rings is 1. The van der Waals surface area contributed by atoms with Crippen LogP contribution < -0.4 is 4.74 Å². The van der Waals surface area contributed by atoms with E-state index in [1.54, 1.807) is 56.6 Å². The summed E-state index contributed by atoms with van der Waals surface area (Å²) in [5, 5.41) is 9.87. The summed E-state index contributed by atoms with van der Waals surface area (Å²) in [5.74, 6) is 0.982. The van der Waals surface area contributed by atoms with Crippen molar-refractivity contribution in [2.24, 2.45) is 0 Å². The van der Waals surface area contributed by atoms with E-state index in [0.29, 0.717) is 22.7 Å². The van der Waals surface area contributed by atoms with Gasteiger partial charge in [-0.2, -0.15) is 0 Å². The minimum absolute atomic E-state index is 0.115. The van der Waals surface area contributed by atoms with Gasteiger partial charge in [-0.25, -0.2) is 13.4 Å². The number of benzene rings is 1. The number of sulfone groups is 1. The second-order valence-electron chi connectivity index (χ2n) is 7.96. The van der Waals surface area contributed by atoms with Gasteiger partial charge in [0.2, 0.25) is 5.88 Å². The summed E-state index contributed by atoms with van der Waals surface area (Å²) in [6.45, 7) is 3.44. The Morgan fingerprint density at radius 1 is 1.00 bits per heavy atom. The molecule has 0 spiro atoms. The molecule has 3 aromatic heterocycles. The molecule has 3 heterocycles. The number of rotatable bonds is 6. The van der Waals surface area contributed by atoms with E-state index in [9.17, 15) is 13.5 Å². The fourth-order valence-electron chi connectivity index (χ4n) is 3.08. The predicted octanol–water partition coefficient (Wildman–Crippen LogP) is 4.11. The summed E-state index contributed by atoms with van der Waals surface area (Å²) in [5.41, 5.74) is 2.71. The molecule has 4 rings (SSSR count). The fraction of sp³-hybridized carbons (Fsp3) is 0.217. The molecule has 4 aromatic rings. The number of ether oxygens (including phenoxy) is 1. The number of aliphatic hydroxyl groups is 1. The highest BCUT2D eigenvalue weighted by atomic mass is 32.2. The molecule has 0 aliphatic rings. The molecular weight excluding hydrogens is 416 g/mol. The third kappa shape index (κ3) is 4.76. The van der Waals surface area contributed by atoms with Gasteiger partial charge in [-0.15, -0.1) is 0 Å². The third-order valence-electron chi connectivity index (χ3n) is 4.60. The topological polar surface area (TPSA) is 103 Å². The summed E-state index contributed by atoms with van der Waals surface area (Å²) in [6.07, 6.45) is 4.50. The summed E-state index contributed by atoms with van der Waals surface area (Å²) >= 11 is 0. The van der Waals surface area contributed by atoms with Gasteiger partial charge >= 0.3 is 0 Å². The lowest BCUT2D eigenvalue weighted by molar-refractivity contribution is 0.0268. The number of fused-ring (bicyclic) bond motifs is 1. The van der Waals surface area contributed by atoms with Gasteiger partial charge in [-0.05, 0) is 55.8 Å². The maximum atomic E-state index is 11.7. The lowest BCUT2D eigenvalue weighted by atomic mass is 10.1. The normalized spacial score (nSPS) is 12.3. The van der Waals surface area contributed by atoms with Crippen LogP contribution in [0.4, 0.5) is 0 Å². The Kier molecular flexibility index (Phi) is 5.28. The highest BCUT2D eigenvalue weighted by Crippen LogP contribution is 2.34. The second-order valence-corrected chi connectivity index (χ2v) is 9.98. The summed E-state index contributed by atoms with van der Waals surface area (Å²) in [4.78, 5) is 8.84. The summed E-state index contributed by atoms with van der Waals surface area (Å²) in [7, 11) is -3.26. The molecular formula is C23H22N2O5S. The average Bonchev–Trinajstić information content (AvgIpc) is 3.16.